The van der Waals surface area contributed by atoms with Crippen molar-refractivity contribution in [2.24, 2.45) is 16.7 Å². The molecule has 2 atom stereocenters. The quantitative estimate of drug-likeness (QED) is 0.518. The number of allylic oxidation sites excluding steroid dienone is 8. The van der Waals surface area contributed by atoms with Gasteiger partial charge in [-0.1, -0.05) is 48.1 Å². The third-order valence-electron chi connectivity index (χ3n) is 7.04. The molecule has 0 amide bonds. The van der Waals surface area contributed by atoms with Crippen LogP contribution in [0, 0.1) is 16.7 Å². The Kier molecular flexibility index (Phi) is 3.88. The third kappa shape index (κ3) is 2.27. The van der Waals surface area contributed by atoms with E-state index in [4.69, 9.17) is 0 Å². The van der Waals surface area contributed by atoms with Gasteiger partial charge in [-0.2, -0.15) is 0 Å². The Hall–Kier alpha value is -1.04. The molecule has 22 heavy (non-hydrogen) atoms. The van der Waals surface area contributed by atoms with E-state index in [1.165, 1.54) is 70.6 Å². The molecule has 0 aromatic rings. The second-order valence-electron chi connectivity index (χ2n) is 8.05. The monoisotopic (exact) mass is 294 g/mol. The van der Waals surface area contributed by atoms with Crippen LogP contribution in [0.15, 0.2) is 48.1 Å². The van der Waals surface area contributed by atoms with Crippen LogP contribution in [0.5, 0.6) is 0 Å². The Morgan fingerprint density at radius 3 is 2.50 bits per heavy atom. The second-order valence-corrected chi connectivity index (χ2v) is 8.05. The molecule has 0 aliphatic heterocycles. The molecule has 118 valence electrons. The standard InChI is InChI=1S/C22H30/c1-2-12-20(13-3-1)22(16-8-9-17-22)21(14-6-7-15-21)18-19-10-4-5-11-19/h1-2,6,8-10,14,20H,3-5,7,11-13,15-18H2. The van der Waals surface area contributed by atoms with E-state index in [1.54, 1.807) is 5.57 Å². The Morgan fingerprint density at radius 2 is 1.86 bits per heavy atom. The molecule has 0 saturated heterocycles. The predicted molar refractivity (Wildman–Crippen MR) is 94.6 cm³/mol. The fraction of sp³-hybridized carbons (Fsp3) is 0.636. The van der Waals surface area contributed by atoms with Crippen LogP contribution < -0.4 is 0 Å². The normalized spacial score (nSPS) is 36.2. The van der Waals surface area contributed by atoms with Gasteiger partial charge in [0.05, 0.1) is 0 Å². The van der Waals surface area contributed by atoms with Gasteiger partial charge in [-0.05, 0) is 87.4 Å². The van der Waals surface area contributed by atoms with E-state index < -0.39 is 0 Å². The summed E-state index contributed by atoms with van der Waals surface area (Å²) in [7, 11) is 0. The first-order valence-corrected chi connectivity index (χ1v) is 9.50. The maximum atomic E-state index is 2.66. The van der Waals surface area contributed by atoms with E-state index in [-0.39, 0.29) is 0 Å². The molecule has 0 aromatic carbocycles. The third-order valence-corrected chi connectivity index (χ3v) is 7.04. The summed E-state index contributed by atoms with van der Waals surface area (Å²) < 4.78 is 0. The van der Waals surface area contributed by atoms with Crippen LogP contribution in [0.25, 0.3) is 0 Å². The van der Waals surface area contributed by atoms with E-state index in [2.05, 4.69) is 42.5 Å². The van der Waals surface area contributed by atoms with Crippen molar-refractivity contribution in [1.29, 1.82) is 0 Å². The van der Waals surface area contributed by atoms with Crippen molar-refractivity contribution in [1.82, 2.24) is 0 Å². The van der Waals surface area contributed by atoms with Crippen molar-refractivity contribution >= 4 is 0 Å². The molecule has 4 rings (SSSR count). The van der Waals surface area contributed by atoms with Crippen LogP contribution in [0.2, 0.25) is 0 Å². The Bertz CT molecular complexity index is 522. The Balaban J connectivity index is 1.68. The largest absolute Gasteiger partial charge is 0.0885 e. The molecule has 0 heterocycles. The molecule has 0 spiro atoms. The second kappa shape index (κ2) is 5.87. The maximum absolute atomic E-state index is 2.66. The van der Waals surface area contributed by atoms with Gasteiger partial charge in [0.15, 0.2) is 0 Å². The molecule has 4 aliphatic carbocycles. The molecule has 0 fully saturated rings. The number of hydrogen-bond donors (Lipinski definition) is 0. The zero-order valence-electron chi connectivity index (χ0n) is 13.9. The van der Waals surface area contributed by atoms with Crippen LogP contribution >= 0.6 is 0 Å². The lowest BCUT2D eigenvalue weighted by Crippen LogP contribution is -2.44. The molecule has 0 saturated carbocycles. The van der Waals surface area contributed by atoms with Crippen molar-refractivity contribution < 1.29 is 0 Å². The molecule has 0 bridgehead atoms. The number of hydrogen-bond acceptors (Lipinski definition) is 0. The van der Waals surface area contributed by atoms with Crippen LogP contribution in [-0.2, 0) is 0 Å². The van der Waals surface area contributed by atoms with Crippen molar-refractivity contribution in [2.75, 3.05) is 0 Å². The highest BCUT2D eigenvalue weighted by atomic mass is 14.6. The summed E-state index contributed by atoms with van der Waals surface area (Å²) in [5, 5.41) is 0. The van der Waals surface area contributed by atoms with Gasteiger partial charge in [0.25, 0.3) is 0 Å². The zero-order valence-corrected chi connectivity index (χ0v) is 13.9. The minimum atomic E-state index is 0.447. The lowest BCUT2D eigenvalue weighted by atomic mass is 9.52. The summed E-state index contributed by atoms with van der Waals surface area (Å²) in [6.45, 7) is 0. The van der Waals surface area contributed by atoms with Crippen LogP contribution in [0.4, 0.5) is 0 Å². The number of rotatable bonds is 4. The lowest BCUT2D eigenvalue weighted by molar-refractivity contribution is 0.0162. The van der Waals surface area contributed by atoms with Gasteiger partial charge >= 0.3 is 0 Å². The molecule has 4 aliphatic rings. The molecule has 0 N–H and O–H groups in total. The van der Waals surface area contributed by atoms with Gasteiger partial charge in [-0.25, -0.2) is 0 Å². The van der Waals surface area contributed by atoms with Crippen molar-refractivity contribution in [3.8, 4) is 0 Å². The van der Waals surface area contributed by atoms with Crippen molar-refractivity contribution in [3.63, 3.8) is 0 Å². The van der Waals surface area contributed by atoms with Gasteiger partial charge < -0.3 is 0 Å². The van der Waals surface area contributed by atoms with Crippen molar-refractivity contribution in [2.45, 2.75) is 70.6 Å². The van der Waals surface area contributed by atoms with Crippen molar-refractivity contribution in [3.05, 3.63) is 48.1 Å². The molecular formula is C22H30. The zero-order chi connectivity index (χ0) is 14.9. The van der Waals surface area contributed by atoms with E-state index in [0.29, 0.717) is 10.8 Å². The minimum absolute atomic E-state index is 0.447. The Labute approximate surface area is 136 Å². The van der Waals surface area contributed by atoms with Gasteiger partial charge in [-0.15, -0.1) is 0 Å². The molecule has 0 radical (unpaired) electrons. The highest BCUT2D eigenvalue weighted by Gasteiger charge is 2.54. The minimum Gasteiger partial charge on any atom is -0.0885 e. The van der Waals surface area contributed by atoms with E-state index in [0.717, 1.165) is 5.92 Å². The Morgan fingerprint density at radius 1 is 0.955 bits per heavy atom. The van der Waals surface area contributed by atoms with E-state index in [1.807, 2.05) is 0 Å². The van der Waals surface area contributed by atoms with Crippen LogP contribution in [0.1, 0.15) is 70.6 Å². The summed E-state index contributed by atoms with van der Waals surface area (Å²) in [6.07, 6.45) is 32.4. The summed E-state index contributed by atoms with van der Waals surface area (Å²) in [5.41, 5.74) is 2.72. The fourth-order valence-corrected chi connectivity index (χ4v) is 5.89. The average Bonchev–Trinajstić information content (AvgIpc) is 3.31. The maximum Gasteiger partial charge on any atom is -0.00131 e. The SMILES string of the molecule is C1=CCC(C2(C3(CC4=CCCC4)C=CCC3)CC=CC2)CC1. The van der Waals surface area contributed by atoms with E-state index in [9.17, 15) is 0 Å². The average molecular weight is 294 g/mol. The predicted octanol–water partition coefficient (Wildman–Crippen LogP) is 6.52. The highest BCUT2D eigenvalue weighted by Crippen LogP contribution is 2.63. The molecule has 0 heteroatoms. The summed E-state index contributed by atoms with van der Waals surface area (Å²) in [5.74, 6) is 0.886. The lowest BCUT2D eigenvalue weighted by Gasteiger charge is -2.52. The van der Waals surface area contributed by atoms with E-state index >= 15 is 0 Å². The van der Waals surface area contributed by atoms with Gasteiger partial charge in [-0.3, -0.25) is 0 Å². The first-order valence-electron chi connectivity index (χ1n) is 9.50. The van der Waals surface area contributed by atoms with Gasteiger partial charge in [0, 0.05) is 0 Å². The topological polar surface area (TPSA) is 0 Å². The fourth-order valence-electron chi connectivity index (χ4n) is 5.89. The molecule has 2 unspecified atom stereocenters. The highest BCUT2D eigenvalue weighted by molar-refractivity contribution is 5.26. The van der Waals surface area contributed by atoms with Gasteiger partial charge in [0.2, 0.25) is 0 Å². The van der Waals surface area contributed by atoms with Gasteiger partial charge in [0.1, 0.15) is 0 Å². The van der Waals surface area contributed by atoms with Crippen LogP contribution in [0.3, 0.4) is 0 Å². The summed E-state index contributed by atoms with van der Waals surface area (Å²) >= 11 is 0. The first-order chi connectivity index (χ1) is 10.8. The molecule has 0 aromatic heterocycles. The first kappa shape index (κ1) is 14.5. The summed E-state index contributed by atoms with van der Waals surface area (Å²) in [4.78, 5) is 0. The van der Waals surface area contributed by atoms with Crippen LogP contribution in [-0.4, -0.2) is 0 Å². The molecule has 0 nitrogen and oxygen atoms in total. The summed E-state index contributed by atoms with van der Waals surface area (Å²) in [6, 6.07) is 0. The molecular weight excluding hydrogens is 264 g/mol. The smallest absolute Gasteiger partial charge is 0.00131 e.